The molecule has 16 heavy (non-hydrogen) atoms. The number of unbranched alkanes of at least 4 members (excludes halogenated alkanes) is 5. The van der Waals surface area contributed by atoms with E-state index < -0.39 is 0 Å². The summed E-state index contributed by atoms with van der Waals surface area (Å²) >= 11 is 0. The summed E-state index contributed by atoms with van der Waals surface area (Å²) in [4.78, 5) is 0. The molecule has 0 heterocycles. The first-order valence-electron chi connectivity index (χ1n) is 6.25. The Balaban J connectivity index is 0.000000281. The molecule has 0 aromatic heterocycles. The molecule has 3 N–H and O–H groups in total. The van der Waals surface area contributed by atoms with Crippen molar-refractivity contribution in [2.75, 3.05) is 5.73 Å². The smallest absolute Gasteiger partial charge is 0.138 e. The second kappa shape index (κ2) is 10.3. The zero-order chi connectivity index (χ0) is 12.2. The minimum Gasteiger partial charge on any atom is -0.506 e. The van der Waals surface area contributed by atoms with Crippen LogP contribution < -0.4 is 5.73 Å². The van der Waals surface area contributed by atoms with E-state index in [4.69, 9.17) is 10.8 Å². The van der Waals surface area contributed by atoms with Crippen LogP contribution in [0.3, 0.4) is 0 Å². The molecule has 1 aromatic rings. The lowest BCUT2D eigenvalue weighted by atomic mass is 10.1. The molecular formula is C14H25NO. The Morgan fingerprint density at radius 3 is 1.75 bits per heavy atom. The summed E-state index contributed by atoms with van der Waals surface area (Å²) in [7, 11) is 0. The highest BCUT2D eigenvalue weighted by Gasteiger charge is 1.87. The summed E-state index contributed by atoms with van der Waals surface area (Å²) < 4.78 is 0. The van der Waals surface area contributed by atoms with E-state index >= 15 is 0 Å². The van der Waals surface area contributed by atoms with Gasteiger partial charge in [0.05, 0.1) is 5.69 Å². The molecule has 0 atom stereocenters. The first-order chi connectivity index (χ1) is 7.72. The summed E-state index contributed by atoms with van der Waals surface area (Å²) in [6.07, 6.45) is 8.49. The molecule has 0 radical (unpaired) electrons. The van der Waals surface area contributed by atoms with Crippen LogP contribution in [-0.4, -0.2) is 5.11 Å². The number of phenolic OH excluding ortho intramolecular Hbond substituents is 1. The number of anilines is 1. The monoisotopic (exact) mass is 223 g/mol. The Hall–Kier alpha value is -1.18. The third-order valence-corrected chi connectivity index (χ3v) is 2.39. The zero-order valence-electron chi connectivity index (χ0n) is 10.6. The van der Waals surface area contributed by atoms with Crippen LogP contribution in [0, 0.1) is 0 Å². The average Bonchev–Trinajstić information content (AvgIpc) is 2.30. The average molecular weight is 223 g/mol. The molecule has 0 saturated carbocycles. The van der Waals surface area contributed by atoms with E-state index in [1.807, 2.05) is 0 Å². The van der Waals surface area contributed by atoms with Gasteiger partial charge >= 0.3 is 0 Å². The van der Waals surface area contributed by atoms with Gasteiger partial charge in [0.2, 0.25) is 0 Å². The summed E-state index contributed by atoms with van der Waals surface area (Å²) in [5, 5.41) is 8.79. The van der Waals surface area contributed by atoms with Crippen LogP contribution in [0.25, 0.3) is 0 Å². The number of aromatic hydroxyl groups is 1. The molecule has 0 amide bonds. The molecule has 0 fully saturated rings. The Labute approximate surface area is 99.5 Å². The Kier molecular flexibility index (Phi) is 9.58. The predicted octanol–water partition coefficient (Wildman–Crippen LogP) is 4.34. The first kappa shape index (κ1) is 14.8. The number of para-hydroxylation sites is 2. The molecule has 2 heteroatoms. The maximum absolute atomic E-state index is 8.79. The van der Waals surface area contributed by atoms with Crippen LogP contribution in [0.2, 0.25) is 0 Å². The predicted molar refractivity (Wildman–Crippen MR) is 71.6 cm³/mol. The third-order valence-electron chi connectivity index (χ3n) is 2.39. The molecule has 0 aliphatic carbocycles. The van der Waals surface area contributed by atoms with Crippen molar-refractivity contribution < 1.29 is 5.11 Å². The van der Waals surface area contributed by atoms with E-state index in [0.29, 0.717) is 5.69 Å². The lowest BCUT2D eigenvalue weighted by molar-refractivity contribution is 0.478. The van der Waals surface area contributed by atoms with Crippen molar-refractivity contribution in [1.82, 2.24) is 0 Å². The van der Waals surface area contributed by atoms with Crippen molar-refractivity contribution in [2.24, 2.45) is 0 Å². The maximum Gasteiger partial charge on any atom is 0.138 e. The van der Waals surface area contributed by atoms with E-state index in [1.54, 1.807) is 24.3 Å². The van der Waals surface area contributed by atoms with Gasteiger partial charge in [0.1, 0.15) is 5.75 Å². The highest BCUT2D eigenvalue weighted by Crippen LogP contribution is 2.16. The highest BCUT2D eigenvalue weighted by molar-refractivity contribution is 5.50. The fraction of sp³-hybridized carbons (Fsp3) is 0.571. The van der Waals surface area contributed by atoms with Gasteiger partial charge in [-0.15, -0.1) is 0 Å². The van der Waals surface area contributed by atoms with Crippen LogP contribution in [0.4, 0.5) is 5.69 Å². The summed E-state index contributed by atoms with van der Waals surface area (Å²) in [6.45, 7) is 4.51. The van der Waals surface area contributed by atoms with E-state index in [2.05, 4.69) is 13.8 Å². The molecule has 0 spiro atoms. The second-order valence-corrected chi connectivity index (χ2v) is 3.97. The van der Waals surface area contributed by atoms with Crippen molar-refractivity contribution in [3.05, 3.63) is 24.3 Å². The van der Waals surface area contributed by atoms with E-state index in [-0.39, 0.29) is 5.75 Å². The van der Waals surface area contributed by atoms with Gasteiger partial charge in [0, 0.05) is 0 Å². The van der Waals surface area contributed by atoms with Crippen molar-refractivity contribution >= 4 is 5.69 Å². The van der Waals surface area contributed by atoms with Gasteiger partial charge in [0.15, 0.2) is 0 Å². The molecule has 0 bridgehead atoms. The summed E-state index contributed by atoms with van der Waals surface area (Å²) in [6, 6.07) is 6.70. The standard InChI is InChI=1S/C8H18.C6H7NO/c1-3-5-7-8-6-4-2;7-5-3-1-2-4-6(5)8/h3-8H2,1-2H3;1-4,8H,7H2. The molecule has 0 aliphatic heterocycles. The number of nitrogens with two attached hydrogens (primary N) is 1. The van der Waals surface area contributed by atoms with Gasteiger partial charge in [0.25, 0.3) is 0 Å². The largest absolute Gasteiger partial charge is 0.506 e. The van der Waals surface area contributed by atoms with Crippen molar-refractivity contribution in [3.8, 4) is 5.75 Å². The number of benzene rings is 1. The summed E-state index contributed by atoms with van der Waals surface area (Å²) in [5.74, 6) is 0.146. The van der Waals surface area contributed by atoms with Crippen molar-refractivity contribution in [1.29, 1.82) is 0 Å². The lowest BCUT2D eigenvalue weighted by Crippen LogP contribution is -1.82. The SMILES string of the molecule is CCCCCCCC.Nc1ccccc1O. The molecule has 2 nitrogen and oxygen atoms in total. The van der Waals surface area contributed by atoms with E-state index in [9.17, 15) is 0 Å². The number of rotatable bonds is 5. The van der Waals surface area contributed by atoms with Gasteiger partial charge in [-0.25, -0.2) is 0 Å². The second-order valence-electron chi connectivity index (χ2n) is 3.97. The number of nitrogen functional groups attached to an aromatic ring is 1. The topological polar surface area (TPSA) is 46.2 Å². The van der Waals surface area contributed by atoms with E-state index in [0.717, 1.165) is 0 Å². The van der Waals surface area contributed by atoms with Gasteiger partial charge in [-0.2, -0.15) is 0 Å². The Morgan fingerprint density at radius 2 is 1.44 bits per heavy atom. The maximum atomic E-state index is 8.79. The summed E-state index contributed by atoms with van der Waals surface area (Å²) in [5.41, 5.74) is 5.69. The van der Waals surface area contributed by atoms with Gasteiger partial charge in [-0.05, 0) is 12.1 Å². The molecule has 0 aliphatic rings. The Morgan fingerprint density at radius 1 is 0.938 bits per heavy atom. The first-order valence-corrected chi connectivity index (χ1v) is 6.25. The van der Waals surface area contributed by atoms with Crippen molar-refractivity contribution in [3.63, 3.8) is 0 Å². The Bertz CT molecular complexity index is 234. The molecule has 0 saturated heterocycles. The van der Waals surface area contributed by atoms with Crippen LogP contribution in [-0.2, 0) is 0 Å². The minimum atomic E-state index is 0.146. The lowest BCUT2D eigenvalue weighted by Gasteiger charge is -1.93. The highest BCUT2D eigenvalue weighted by atomic mass is 16.3. The van der Waals surface area contributed by atoms with Gasteiger partial charge < -0.3 is 10.8 Å². The fourth-order valence-electron chi connectivity index (χ4n) is 1.34. The van der Waals surface area contributed by atoms with Crippen molar-refractivity contribution in [2.45, 2.75) is 52.4 Å². The normalized spacial score (nSPS) is 9.38. The van der Waals surface area contributed by atoms with E-state index in [1.165, 1.54) is 38.5 Å². The van der Waals surface area contributed by atoms with Crippen LogP contribution in [0.1, 0.15) is 52.4 Å². The zero-order valence-corrected chi connectivity index (χ0v) is 10.6. The molecule has 1 rings (SSSR count). The molecule has 0 unspecified atom stereocenters. The number of hydrogen-bond acceptors (Lipinski definition) is 2. The van der Waals surface area contributed by atoms with Crippen LogP contribution >= 0.6 is 0 Å². The van der Waals surface area contributed by atoms with Crippen LogP contribution in [0.5, 0.6) is 5.75 Å². The third kappa shape index (κ3) is 8.16. The number of phenols is 1. The number of hydrogen-bond donors (Lipinski definition) is 2. The molecule has 92 valence electrons. The van der Waals surface area contributed by atoms with Crippen LogP contribution in [0.15, 0.2) is 24.3 Å². The molecule has 1 aromatic carbocycles. The molecular weight excluding hydrogens is 198 g/mol. The van der Waals surface area contributed by atoms with Gasteiger partial charge in [-0.1, -0.05) is 64.5 Å². The fourth-order valence-corrected chi connectivity index (χ4v) is 1.34. The quantitative estimate of drug-likeness (QED) is 0.443. The minimum absolute atomic E-state index is 0.146. The van der Waals surface area contributed by atoms with Gasteiger partial charge in [-0.3, -0.25) is 0 Å².